The SMILES string of the molecule is Cc1cc(C(=O)C[NH+]2CCOCC2)c(C)n1-c1ccc2c(c1)CCC2. The number of hydrogen-bond acceptors (Lipinski definition) is 2. The van der Waals surface area contributed by atoms with Gasteiger partial charge in [-0.05, 0) is 62.4 Å². The quantitative estimate of drug-likeness (QED) is 0.861. The minimum absolute atomic E-state index is 0.248. The van der Waals surface area contributed by atoms with Crippen molar-refractivity contribution in [3.05, 3.63) is 52.3 Å². The fourth-order valence-corrected chi connectivity index (χ4v) is 4.30. The van der Waals surface area contributed by atoms with Gasteiger partial charge in [0.25, 0.3) is 0 Å². The summed E-state index contributed by atoms with van der Waals surface area (Å²) in [7, 11) is 0. The van der Waals surface area contributed by atoms with Crippen LogP contribution in [0.3, 0.4) is 0 Å². The molecule has 1 aliphatic heterocycles. The third kappa shape index (κ3) is 3.16. The van der Waals surface area contributed by atoms with Gasteiger partial charge in [-0.25, -0.2) is 0 Å². The van der Waals surface area contributed by atoms with Crippen molar-refractivity contribution in [2.75, 3.05) is 32.8 Å². The number of aryl methyl sites for hydroxylation is 3. The van der Waals surface area contributed by atoms with Crippen LogP contribution in [0.15, 0.2) is 24.3 Å². The number of fused-ring (bicyclic) bond motifs is 1. The lowest BCUT2D eigenvalue weighted by molar-refractivity contribution is -0.899. The number of rotatable bonds is 4. The number of ether oxygens (including phenoxy) is 1. The van der Waals surface area contributed by atoms with Crippen LogP contribution in [0.1, 0.15) is 39.3 Å². The van der Waals surface area contributed by atoms with Crippen molar-refractivity contribution in [3.8, 4) is 5.69 Å². The predicted octanol–water partition coefficient (Wildman–Crippen LogP) is 1.68. The Kier molecular flexibility index (Phi) is 4.48. The average Bonchev–Trinajstić information content (AvgIpc) is 3.19. The van der Waals surface area contributed by atoms with Gasteiger partial charge in [0.05, 0.1) is 13.2 Å². The number of Topliss-reactive ketones (excluding diaryl/α,β-unsaturated/α-hetero) is 1. The molecule has 0 unspecified atom stereocenters. The molecule has 4 heteroatoms. The number of quaternary nitrogens is 1. The molecule has 0 amide bonds. The van der Waals surface area contributed by atoms with Crippen molar-refractivity contribution >= 4 is 5.78 Å². The third-order valence-corrected chi connectivity index (χ3v) is 5.68. The number of nitrogens with one attached hydrogen (secondary N) is 1. The maximum absolute atomic E-state index is 12.8. The number of nitrogens with zero attached hydrogens (tertiary/aromatic N) is 1. The second kappa shape index (κ2) is 6.77. The van der Waals surface area contributed by atoms with Gasteiger partial charge in [-0.2, -0.15) is 0 Å². The summed E-state index contributed by atoms with van der Waals surface area (Å²) >= 11 is 0. The Hall–Kier alpha value is -1.91. The van der Waals surface area contributed by atoms with Crippen molar-refractivity contribution in [2.24, 2.45) is 0 Å². The fourth-order valence-electron chi connectivity index (χ4n) is 4.30. The van der Waals surface area contributed by atoms with E-state index in [-0.39, 0.29) is 5.78 Å². The Labute approximate surface area is 149 Å². The van der Waals surface area contributed by atoms with Gasteiger partial charge in [0, 0.05) is 22.6 Å². The zero-order chi connectivity index (χ0) is 17.4. The Balaban J connectivity index is 1.61. The van der Waals surface area contributed by atoms with E-state index in [1.54, 1.807) is 0 Å². The summed E-state index contributed by atoms with van der Waals surface area (Å²) in [6.45, 7) is 8.11. The van der Waals surface area contributed by atoms with Gasteiger partial charge >= 0.3 is 0 Å². The van der Waals surface area contributed by atoms with Gasteiger partial charge < -0.3 is 14.2 Å². The molecule has 0 spiro atoms. The Morgan fingerprint density at radius 3 is 2.68 bits per heavy atom. The standard InChI is InChI=1S/C21H26N2O2/c1-15-12-20(21(24)14-22-8-10-25-11-9-22)16(2)23(15)19-7-6-17-4-3-5-18(17)13-19/h6-7,12-13H,3-5,8-11,14H2,1-2H3/p+1. The van der Waals surface area contributed by atoms with Crippen LogP contribution in [0.25, 0.3) is 5.69 Å². The number of ketones is 1. The molecule has 2 heterocycles. The van der Waals surface area contributed by atoms with Gasteiger partial charge in [0.2, 0.25) is 5.78 Å². The van der Waals surface area contributed by atoms with Gasteiger partial charge in [-0.3, -0.25) is 4.79 Å². The highest BCUT2D eigenvalue weighted by Gasteiger charge is 2.23. The lowest BCUT2D eigenvalue weighted by Crippen LogP contribution is -3.14. The van der Waals surface area contributed by atoms with Crippen LogP contribution in [-0.2, 0) is 17.6 Å². The van der Waals surface area contributed by atoms with Gasteiger partial charge in [0.15, 0.2) is 0 Å². The lowest BCUT2D eigenvalue weighted by Gasteiger charge is -2.23. The van der Waals surface area contributed by atoms with E-state index in [9.17, 15) is 4.79 Å². The second-order valence-corrected chi connectivity index (χ2v) is 7.39. The molecule has 4 rings (SSSR count). The molecule has 1 N–H and O–H groups in total. The summed E-state index contributed by atoms with van der Waals surface area (Å²) in [5, 5.41) is 0. The van der Waals surface area contributed by atoms with Crippen molar-refractivity contribution in [2.45, 2.75) is 33.1 Å². The summed E-state index contributed by atoms with van der Waals surface area (Å²) in [6.07, 6.45) is 3.63. The molecule has 132 valence electrons. The highest BCUT2D eigenvalue weighted by molar-refractivity contribution is 5.98. The van der Waals surface area contributed by atoms with Crippen molar-refractivity contribution in [1.29, 1.82) is 0 Å². The molecule has 0 saturated carbocycles. The van der Waals surface area contributed by atoms with E-state index in [0.29, 0.717) is 6.54 Å². The second-order valence-electron chi connectivity index (χ2n) is 7.39. The van der Waals surface area contributed by atoms with Gasteiger partial charge in [0.1, 0.15) is 19.6 Å². The van der Waals surface area contributed by atoms with Crippen LogP contribution < -0.4 is 4.90 Å². The molecule has 0 radical (unpaired) electrons. The first kappa shape index (κ1) is 16.6. The summed E-state index contributed by atoms with van der Waals surface area (Å²) in [5.41, 5.74) is 7.21. The van der Waals surface area contributed by atoms with Crippen LogP contribution in [0.5, 0.6) is 0 Å². The minimum atomic E-state index is 0.248. The smallest absolute Gasteiger partial charge is 0.218 e. The zero-order valence-electron chi connectivity index (χ0n) is 15.2. The average molecular weight is 339 g/mol. The third-order valence-electron chi connectivity index (χ3n) is 5.68. The van der Waals surface area contributed by atoms with E-state index in [1.165, 1.54) is 41.0 Å². The first-order valence-electron chi connectivity index (χ1n) is 9.39. The first-order chi connectivity index (χ1) is 12.1. The molecule has 1 saturated heterocycles. The number of aromatic nitrogens is 1. The fraction of sp³-hybridized carbons (Fsp3) is 0.476. The van der Waals surface area contributed by atoms with Crippen LogP contribution in [0.2, 0.25) is 0 Å². The molecule has 1 aromatic carbocycles. The molecule has 1 aromatic heterocycles. The van der Waals surface area contributed by atoms with E-state index in [2.05, 4.69) is 42.7 Å². The molecule has 4 nitrogen and oxygen atoms in total. The van der Waals surface area contributed by atoms with Crippen LogP contribution in [0, 0.1) is 13.8 Å². The summed E-state index contributed by atoms with van der Waals surface area (Å²) in [5.74, 6) is 0.248. The highest BCUT2D eigenvalue weighted by atomic mass is 16.5. The summed E-state index contributed by atoms with van der Waals surface area (Å²) in [6, 6.07) is 8.83. The molecule has 0 atom stereocenters. The van der Waals surface area contributed by atoms with Gasteiger partial charge in [-0.1, -0.05) is 6.07 Å². The molecular weight excluding hydrogens is 312 g/mol. The van der Waals surface area contributed by atoms with Crippen LogP contribution in [0.4, 0.5) is 0 Å². The lowest BCUT2D eigenvalue weighted by atomic mass is 10.1. The molecule has 1 aliphatic carbocycles. The van der Waals surface area contributed by atoms with E-state index >= 15 is 0 Å². The van der Waals surface area contributed by atoms with E-state index in [1.807, 2.05) is 0 Å². The molecule has 25 heavy (non-hydrogen) atoms. The Morgan fingerprint density at radius 2 is 1.88 bits per heavy atom. The van der Waals surface area contributed by atoms with Crippen LogP contribution in [-0.4, -0.2) is 43.2 Å². The number of benzene rings is 1. The zero-order valence-corrected chi connectivity index (χ0v) is 15.2. The van der Waals surface area contributed by atoms with Crippen LogP contribution >= 0.6 is 0 Å². The maximum Gasteiger partial charge on any atom is 0.218 e. The number of hydrogen-bond donors (Lipinski definition) is 1. The molecular formula is C21H27N2O2+. The largest absolute Gasteiger partial charge is 0.370 e. The number of morpholine rings is 1. The van der Waals surface area contributed by atoms with E-state index < -0.39 is 0 Å². The normalized spacial score (nSPS) is 17.7. The molecule has 2 aliphatic rings. The number of carbonyl (C=O) groups excluding carboxylic acids is 1. The Bertz CT molecular complexity index is 800. The summed E-state index contributed by atoms with van der Waals surface area (Å²) in [4.78, 5) is 14.2. The van der Waals surface area contributed by atoms with Crippen molar-refractivity contribution in [3.63, 3.8) is 0 Å². The molecule has 1 fully saturated rings. The minimum Gasteiger partial charge on any atom is -0.370 e. The van der Waals surface area contributed by atoms with E-state index in [0.717, 1.165) is 43.3 Å². The van der Waals surface area contributed by atoms with Gasteiger partial charge in [-0.15, -0.1) is 0 Å². The topological polar surface area (TPSA) is 35.7 Å². The monoisotopic (exact) mass is 339 g/mol. The molecule has 2 aromatic rings. The first-order valence-corrected chi connectivity index (χ1v) is 9.39. The predicted molar refractivity (Wildman–Crippen MR) is 98.0 cm³/mol. The van der Waals surface area contributed by atoms with Crippen molar-refractivity contribution in [1.82, 2.24) is 4.57 Å². The Morgan fingerprint density at radius 1 is 1.12 bits per heavy atom. The van der Waals surface area contributed by atoms with Crippen molar-refractivity contribution < 1.29 is 14.4 Å². The maximum atomic E-state index is 12.8. The molecule has 0 bridgehead atoms. The highest BCUT2D eigenvalue weighted by Crippen LogP contribution is 2.27. The number of carbonyl (C=O) groups is 1. The van der Waals surface area contributed by atoms with E-state index in [4.69, 9.17) is 4.74 Å². The summed E-state index contributed by atoms with van der Waals surface area (Å²) < 4.78 is 7.63.